The van der Waals surface area contributed by atoms with Crippen molar-refractivity contribution in [3.63, 3.8) is 0 Å². The normalized spacial score (nSPS) is 11.3. The number of aromatic nitrogens is 1. The first-order chi connectivity index (χ1) is 9.02. The minimum atomic E-state index is -0.298. The smallest absolute Gasteiger partial charge is 0.0934 e. The van der Waals surface area contributed by atoms with E-state index in [1.807, 2.05) is 38.1 Å². The maximum Gasteiger partial charge on any atom is 0.0934 e. The Balaban J connectivity index is 2.16. The van der Waals surface area contributed by atoms with Gasteiger partial charge in [-0.15, -0.1) is 0 Å². The van der Waals surface area contributed by atoms with Gasteiger partial charge in [-0.25, -0.2) is 0 Å². The predicted octanol–water partition coefficient (Wildman–Crippen LogP) is 4.35. The molecule has 1 N–H and O–H groups in total. The molecule has 4 heteroatoms. The molecule has 0 saturated carbocycles. The summed E-state index contributed by atoms with van der Waals surface area (Å²) < 4.78 is 0.975. The third kappa shape index (κ3) is 3.45. The summed E-state index contributed by atoms with van der Waals surface area (Å²) >= 11 is 3.43. The first kappa shape index (κ1) is 13.8. The van der Waals surface area contributed by atoms with Crippen molar-refractivity contribution >= 4 is 32.5 Å². The van der Waals surface area contributed by atoms with Crippen molar-refractivity contribution in [3.05, 3.63) is 34.9 Å². The molecule has 1 heterocycles. The molecule has 0 atom stereocenters. The Kier molecular flexibility index (Phi) is 4.06. The summed E-state index contributed by atoms with van der Waals surface area (Å²) in [6.07, 6.45) is 2.60. The van der Waals surface area contributed by atoms with Gasteiger partial charge in [0.2, 0.25) is 0 Å². The minimum absolute atomic E-state index is 0.298. The largest absolute Gasteiger partial charge is 0.383 e. The van der Waals surface area contributed by atoms with Crippen LogP contribution in [-0.4, -0.2) is 11.5 Å². The molecule has 1 aromatic heterocycles. The van der Waals surface area contributed by atoms with Gasteiger partial charge < -0.3 is 5.32 Å². The van der Waals surface area contributed by atoms with Crippen LogP contribution in [0.3, 0.4) is 0 Å². The van der Waals surface area contributed by atoms with Crippen molar-refractivity contribution in [2.24, 2.45) is 5.41 Å². The number of fused-ring (bicyclic) bond motifs is 1. The van der Waals surface area contributed by atoms with E-state index in [-0.39, 0.29) is 5.41 Å². The van der Waals surface area contributed by atoms with E-state index < -0.39 is 0 Å². The first-order valence-corrected chi connectivity index (χ1v) is 7.00. The van der Waals surface area contributed by atoms with Crippen LogP contribution in [0.1, 0.15) is 20.3 Å². The molecule has 1 aromatic carbocycles. The van der Waals surface area contributed by atoms with Crippen LogP contribution in [0.4, 0.5) is 5.69 Å². The van der Waals surface area contributed by atoms with Gasteiger partial charge in [-0.1, -0.05) is 12.1 Å². The summed E-state index contributed by atoms with van der Waals surface area (Å²) in [6, 6.07) is 10.4. The number of halogens is 1. The maximum absolute atomic E-state index is 9.00. The van der Waals surface area contributed by atoms with Crippen LogP contribution in [0.2, 0.25) is 0 Å². The van der Waals surface area contributed by atoms with Crippen LogP contribution in [0.25, 0.3) is 10.9 Å². The second-order valence-corrected chi connectivity index (χ2v) is 6.12. The monoisotopic (exact) mass is 317 g/mol. The van der Waals surface area contributed by atoms with Crippen molar-refractivity contribution in [1.29, 1.82) is 5.26 Å². The number of anilines is 1. The number of para-hydroxylation sites is 1. The van der Waals surface area contributed by atoms with E-state index in [0.717, 1.165) is 34.0 Å². The predicted molar refractivity (Wildman–Crippen MR) is 81.9 cm³/mol. The summed E-state index contributed by atoms with van der Waals surface area (Å²) in [5.74, 6) is 0. The molecule has 0 amide bonds. The van der Waals surface area contributed by atoms with Crippen molar-refractivity contribution < 1.29 is 0 Å². The van der Waals surface area contributed by atoms with Gasteiger partial charge in [0, 0.05) is 22.6 Å². The lowest BCUT2D eigenvalue weighted by molar-refractivity contribution is 0.466. The highest BCUT2D eigenvalue weighted by Crippen LogP contribution is 2.25. The van der Waals surface area contributed by atoms with Gasteiger partial charge in [0.25, 0.3) is 0 Å². The van der Waals surface area contributed by atoms with Crippen LogP contribution in [0, 0.1) is 16.7 Å². The molecule has 0 radical (unpaired) electrons. The molecule has 19 heavy (non-hydrogen) atoms. The quantitative estimate of drug-likeness (QED) is 0.912. The Morgan fingerprint density at radius 2 is 2.21 bits per heavy atom. The minimum Gasteiger partial charge on any atom is -0.383 e. The summed E-state index contributed by atoms with van der Waals surface area (Å²) in [6.45, 7) is 4.66. The van der Waals surface area contributed by atoms with Crippen LogP contribution in [0.5, 0.6) is 0 Å². The lowest BCUT2D eigenvalue weighted by Crippen LogP contribution is -2.14. The van der Waals surface area contributed by atoms with E-state index in [0.29, 0.717) is 0 Å². The number of hydrogen-bond donors (Lipinski definition) is 1. The first-order valence-electron chi connectivity index (χ1n) is 6.21. The fraction of sp³-hybridized carbons (Fsp3) is 0.333. The van der Waals surface area contributed by atoms with Crippen LogP contribution in [0.15, 0.2) is 34.9 Å². The van der Waals surface area contributed by atoms with E-state index in [4.69, 9.17) is 5.26 Å². The molecule has 2 rings (SSSR count). The zero-order chi connectivity index (χ0) is 13.9. The molecule has 0 aliphatic rings. The van der Waals surface area contributed by atoms with Crippen molar-refractivity contribution in [2.45, 2.75) is 20.3 Å². The van der Waals surface area contributed by atoms with Gasteiger partial charge in [-0.05, 0) is 48.3 Å². The summed E-state index contributed by atoms with van der Waals surface area (Å²) in [5, 5.41) is 13.5. The van der Waals surface area contributed by atoms with Gasteiger partial charge in [-0.3, -0.25) is 4.98 Å². The molecule has 0 aliphatic carbocycles. The lowest BCUT2D eigenvalue weighted by Gasteiger charge is -2.16. The summed E-state index contributed by atoms with van der Waals surface area (Å²) in [7, 11) is 0. The Hall–Kier alpha value is -1.60. The van der Waals surface area contributed by atoms with Crippen molar-refractivity contribution in [1.82, 2.24) is 4.98 Å². The zero-order valence-corrected chi connectivity index (χ0v) is 12.7. The van der Waals surface area contributed by atoms with Crippen molar-refractivity contribution in [3.8, 4) is 6.07 Å². The standard InChI is InChI=1S/C15H16BrN3/c1-15(2,10-17)6-7-18-13-5-3-4-11-8-12(16)9-19-14(11)13/h3-5,8-9,18H,6-7H2,1-2H3. The molecule has 0 saturated heterocycles. The number of nitrogens with one attached hydrogen (secondary N) is 1. The van der Waals surface area contributed by atoms with E-state index in [1.54, 1.807) is 6.20 Å². The number of pyridine rings is 1. The average molecular weight is 318 g/mol. The number of benzene rings is 1. The number of rotatable bonds is 4. The molecular formula is C15H16BrN3. The van der Waals surface area contributed by atoms with Crippen molar-refractivity contribution in [2.75, 3.05) is 11.9 Å². The van der Waals surface area contributed by atoms with Crippen LogP contribution >= 0.6 is 15.9 Å². The highest BCUT2D eigenvalue weighted by atomic mass is 79.9. The van der Waals surface area contributed by atoms with Gasteiger partial charge >= 0.3 is 0 Å². The molecule has 0 spiro atoms. The molecule has 0 bridgehead atoms. The number of hydrogen-bond acceptors (Lipinski definition) is 3. The van der Waals surface area contributed by atoms with E-state index >= 15 is 0 Å². The fourth-order valence-electron chi connectivity index (χ4n) is 1.84. The van der Waals surface area contributed by atoms with E-state index in [9.17, 15) is 0 Å². The summed E-state index contributed by atoms with van der Waals surface area (Å²) in [4.78, 5) is 4.44. The van der Waals surface area contributed by atoms with Crippen LogP contribution < -0.4 is 5.32 Å². The molecule has 0 fully saturated rings. The summed E-state index contributed by atoms with van der Waals surface area (Å²) in [5.41, 5.74) is 1.67. The number of nitrogens with zero attached hydrogens (tertiary/aromatic N) is 2. The third-order valence-corrected chi connectivity index (χ3v) is 3.48. The molecule has 3 nitrogen and oxygen atoms in total. The highest BCUT2D eigenvalue weighted by Gasteiger charge is 2.15. The van der Waals surface area contributed by atoms with Gasteiger partial charge in [0.15, 0.2) is 0 Å². The highest BCUT2D eigenvalue weighted by molar-refractivity contribution is 9.10. The van der Waals surface area contributed by atoms with Crippen LogP contribution in [-0.2, 0) is 0 Å². The molecule has 0 unspecified atom stereocenters. The zero-order valence-electron chi connectivity index (χ0n) is 11.1. The maximum atomic E-state index is 9.00. The van der Waals surface area contributed by atoms with Gasteiger partial charge in [0.1, 0.15) is 0 Å². The molecule has 2 aromatic rings. The fourth-order valence-corrected chi connectivity index (χ4v) is 2.19. The van der Waals surface area contributed by atoms with E-state index in [2.05, 4.69) is 32.3 Å². The molecule has 0 aliphatic heterocycles. The Morgan fingerprint density at radius 3 is 2.95 bits per heavy atom. The Labute approximate surface area is 121 Å². The topological polar surface area (TPSA) is 48.7 Å². The van der Waals surface area contributed by atoms with Gasteiger partial charge in [0.05, 0.1) is 22.7 Å². The van der Waals surface area contributed by atoms with Gasteiger partial charge in [-0.2, -0.15) is 5.26 Å². The second-order valence-electron chi connectivity index (χ2n) is 5.20. The van der Waals surface area contributed by atoms with E-state index in [1.165, 1.54) is 0 Å². The third-order valence-electron chi connectivity index (χ3n) is 3.05. The lowest BCUT2D eigenvalue weighted by atomic mass is 9.91. The second kappa shape index (κ2) is 5.58. The SMILES string of the molecule is CC(C)(C#N)CCNc1cccc2cc(Br)cnc12. The Bertz CT molecular complexity index is 629. The molecule has 98 valence electrons. The number of nitriles is 1. The molecular weight excluding hydrogens is 302 g/mol. The average Bonchev–Trinajstić information content (AvgIpc) is 2.38. The Morgan fingerprint density at radius 1 is 1.42 bits per heavy atom.